The van der Waals surface area contributed by atoms with Gasteiger partial charge in [0.25, 0.3) is 0 Å². The number of methoxy groups -OCH3 is 1. The van der Waals surface area contributed by atoms with Crippen LogP contribution in [0.1, 0.15) is 0 Å². The molecule has 0 atom stereocenters. The quantitative estimate of drug-likeness (QED) is 0.800. The Hall–Kier alpha value is -1.30. The molecule has 1 rings (SSSR count). The third kappa shape index (κ3) is 4.16. The van der Waals surface area contributed by atoms with Crippen LogP contribution < -0.4 is 10.1 Å². The van der Waals surface area contributed by atoms with Crippen molar-refractivity contribution in [3.63, 3.8) is 0 Å². The van der Waals surface area contributed by atoms with Crippen molar-refractivity contribution in [2.75, 3.05) is 31.0 Å². The van der Waals surface area contributed by atoms with E-state index < -0.39 is 9.84 Å². The minimum absolute atomic E-state index is 0.0761. The fraction of sp³-hybridized carbons (Fsp3) is 0.444. The lowest BCUT2D eigenvalue weighted by Crippen LogP contribution is -2.15. The number of sulfone groups is 1. The molecule has 0 saturated heterocycles. The fourth-order valence-corrected chi connectivity index (χ4v) is 1.52. The highest BCUT2D eigenvalue weighted by molar-refractivity contribution is 7.90. The second-order valence-corrected chi connectivity index (χ2v) is 5.37. The number of ether oxygens (including phenoxy) is 1. The van der Waals surface area contributed by atoms with Crippen molar-refractivity contribution in [3.8, 4) is 5.75 Å². The lowest BCUT2D eigenvalue weighted by Gasteiger charge is -2.08. The summed E-state index contributed by atoms with van der Waals surface area (Å²) in [5, 5.41) is 2.91. The molecule has 0 amide bonds. The van der Waals surface area contributed by atoms with E-state index in [1.807, 2.05) is 0 Å². The van der Waals surface area contributed by atoms with Gasteiger partial charge in [0.15, 0.2) is 11.6 Å². The van der Waals surface area contributed by atoms with Gasteiger partial charge in [-0.25, -0.2) is 13.4 Å². The van der Waals surface area contributed by atoms with Crippen LogP contribution in [-0.4, -0.2) is 39.1 Å². The van der Waals surface area contributed by atoms with Crippen LogP contribution in [0.15, 0.2) is 18.3 Å². The van der Waals surface area contributed by atoms with Gasteiger partial charge in [0.2, 0.25) is 0 Å². The van der Waals surface area contributed by atoms with Crippen LogP contribution in [0.25, 0.3) is 0 Å². The Morgan fingerprint density at radius 2 is 2.27 bits per heavy atom. The summed E-state index contributed by atoms with van der Waals surface area (Å²) in [4.78, 5) is 4.04. The number of anilines is 1. The summed E-state index contributed by atoms with van der Waals surface area (Å²) in [6.07, 6.45) is 2.82. The summed E-state index contributed by atoms with van der Waals surface area (Å²) in [6, 6.07) is 3.51. The molecular formula is C9H14N2O3S. The highest BCUT2D eigenvalue weighted by Gasteiger charge is 2.04. The molecule has 0 aromatic carbocycles. The molecule has 15 heavy (non-hydrogen) atoms. The Labute approximate surface area is 89.4 Å². The summed E-state index contributed by atoms with van der Waals surface area (Å²) in [5.41, 5.74) is 0. The molecule has 0 bridgehead atoms. The fourth-order valence-electron chi connectivity index (χ4n) is 1.04. The van der Waals surface area contributed by atoms with Crippen LogP contribution in [-0.2, 0) is 9.84 Å². The van der Waals surface area contributed by atoms with Gasteiger partial charge in [-0.1, -0.05) is 0 Å². The normalized spacial score (nSPS) is 11.1. The van der Waals surface area contributed by atoms with Crippen molar-refractivity contribution in [2.45, 2.75) is 0 Å². The third-order valence-corrected chi connectivity index (χ3v) is 2.70. The SMILES string of the molecule is COc1cccnc1NCCS(C)(=O)=O. The molecule has 0 spiro atoms. The van der Waals surface area contributed by atoms with Crippen molar-refractivity contribution in [2.24, 2.45) is 0 Å². The molecule has 1 heterocycles. The van der Waals surface area contributed by atoms with Crippen molar-refractivity contribution in [1.29, 1.82) is 0 Å². The van der Waals surface area contributed by atoms with Crippen LogP contribution in [0.3, 0.4) is 0 Å². The van der Waals surface area contributed by atoms with Gasteiger partial charge in [-0.15, -0.1) is 0 Å². The minimum atomic E-state index is -2.94. The second-order valence-electron chi connectivity index (χ2n) is 3.11. The summed E-state index contributed by atoms with van der Waals surface area (Å²) in [5.74, 6) is 1.24. The standard InChI is InChI=1S/C9H14N2O3S/c1-14-8-4-3-5-10-9(8)11-6-7-15(2,12)13/h3-5H,6-7H2,1-2H3,(H,10,11). The minimum Gasteiger partial charge on any atom is -0.493 e. The Balaban J connectivity index is 2.58. The Morgan fingerprint density at radius 1 is 1.53 bits per heavy atom. The molecular weight excluding hydrogens is 216 g/mol. The highest BCUT2D eigenvalue weighted by atomic mass is 32.2. The lowest BCUT2D eigenvalue weighted by atomic mass is 10.4. The van der Waals surface area contributed by atoms with Crippen LogP contribution in [0.2, 0.25) is 0 Å². The number of nitrogens with one attached hydrogen (secondary N) is 1. The topological polar surface area (TPSA) is 68.3 Å². The molecule has 5 nitrogen and oxygen atoms in total. The van der Waals surface area contributed by atoms with Gasteiger partial charge in [0.05, 0.1) is 12.9 Å². The molecule has 6 heteroatoms. The van der Waals surface area contributed by atoms with Crippen molar-refractivity contribution in [3.05, 3.63) is 18.3 Å². The molecule has 0 aliphatic rings. The van der Waals surface area contributed by atoms with E-state index in [2.05, 4.69) is 10.3 Å². The molecule has 1 aromatic heterocycles. The largest absolute Gasteiger partial charge is 0.493 e. The molecule has 0 saturated carbocycles. The smallest absolute Gasteiger partial charge is 0.168 e. The number of rotatable bonds is 5. The van der Waals surface area contributed by atoms with Crippen LogP contribution >= 0.6 is 0 Å². The van der Waals surface area contributed by atoms with Crippen molar-refractivity contribution < 1.29 is 13.2 Å². The first-order valence-corrected chi connectivity index (χ1v) is 6.49. The summed E-state index contributed by atoms with van der Waals surface area (Å²) >= 11 is 0. The van der Waals surface area contributed by atoms with Crippen LogP contribution in [0.4, 0.5) is 5.82 Å². The molecule has 0 aliphatic carbocycles. The van der Waals surface area contributed by atoms with Crippen LogP contribution in [0, 0.1) is 0 Å². The average Bonchev–Trinajstić information content (AvgIpc) is 2.16. The number of hydrogen-bond acceptors (Lipinski definition) is 5. The molecule has 1 aromatic rings. The summed E-state index contributed by atoms with van der Waals surface area (Å²) < 4.78 is 26.8. The first-order valence-electron chi connectivity index (χ1n) is 4.43. The maximum Gasteiger partial charge on any atom is 0.168 e. The van der Waals surface area contributed by atoms with Gasteiger partial charge in [-0.3, -0.25) is 0 Å². The maximum absolute atomic E-state index is 10.9. The Morgan fingerprint density at radius 3 is 2.87 bits per heavy atom. The first kappa shape index (κ1) is 11.8. The van der Waals surface area contributed by atoms with Crippen molar-refractivity contribution >= 4 is 15.7 Å². The number of pyridine rings is 1. The zero-order valence-corrected chi connectivity index (χ0v) is 9.54. The van der Waals surface area contributed by atoms with Gasteiger partial charge in [0.1, 0.15) is 9.84 Å². The molecule has 0 fully saturated rings. The van der Waals surface area contributed by atoms with E-state index in [1.165, 1.54) is 6.26 Å². The Kier molecular flexibility index (Phi) is 3.90. The van der Waals surface area contributed by atoms with E-state index in [-0.39, 0.29) is 5.75 Å². The van der Waals surface area contributed by atoms with Gasteiger partial charge in [0, 0.05) is 19.0 Å². The zero-order valence-electron chi connectivity index (χ0n) is 8.73. The van der Waals surface area contributed by atoms with E-state index in [0.29, 0.717) is 18.1 Å². The molecule has 84 valence electrons. The van der Waals surface area contributed by atoms with Gasteiger partial charge >= 0.3 is 0 Å². The molecule has 0 radical (unpaired) electrons. The van der Waals surface area contributed by atoms with Crippen LogP contribution in [0.5, 0.6) is 5.75 Å². The predicted molar refractivity (Wildman–Crippen MR) is 59.0 cm³/mol. The van der Waals surface area contributed by atoms with Gasteiger partial charge < -0.3 is 10.1 Å². The average molecular weight is 230 g/mol. The van der Waals surface area contributed by atoms with E-state index in [4.69, 9.17) is 4.74 Å². The van der Waals surface area contributed by atoms with Crippen molar-refractivity contribution in [1.82, 2.24) is 4.98 Å². The Bertz CT molecular complexity index is 417. The number of nitrogens with zero attached hydrogens (tertiary/aromatic N) is 1. The molecule has 0 unspecified atom stereocenters. The predicted octanol–water partition coefficient (Wildman–Crippen LogP) is 0.547. The maximum atomic E-state index is 10.9. The van der Waals surface area contributed by atoms with E-state index in [0.717, 1.165) is 0 Å². The van der Waals surface area contributed by atoms with Gasteiger partial charge in [-0.2, -0.15) is 0 Å². The number of hydrogen-bond donors (Lipinski definition) is 1. The third-order valence-electron chi connectivity index (χ3n) is 1.76. The number of aromatic nitrogens is 1. The zero-order chi connectivity index (χ0) is 11.3. The molecule has 1 N–H and O–H groups in total. The first-order chi connectivity index (χ1) is 7.03. The van der Waals surface area contributed by atoms with E-state index >= 15 is 0 Å². The van der Waals surface area contributed by atoms with Gasteiger partial charge in [-0.05, 0) is 12.1 Å². The molecule has 0 aliphatic heterocycles. The second kappa shape index (κ2) is 4.97. The monoisotopic (exact) mass is 230 g/mol. The van der Waals surface area contributed by atoms with E-state index in [1.54, 1.807) is 25.4 Å². The summed E-state index contributed by atoms with van der Waals surface area (Å²) in [7, 11) is -1.40. The summed E-state index contributed by atoms with van der Waals surface area (Å²) in [6.45, 7) is 0.326. The lowest BCUT2D eigenvalue weighted by molar-refractivity contribution is 0.415. The van der Waals surface area contributed by atoms with E-state index in [9.17, 15) is 8.42 Å². The highest BCUT2D eigenvalue weighted by Crippen LogP contribution is 2.19.